The smallest absolute Gasteiger partial charge is 0.321 e. The SMILES string of the molecule is CCNC(=NCc1cccc(NC(=O)N2CCCC2)c1)N1CCC(Oc2ccccc2)CC1. The van der Waals surface area contributed by atoms with E-state index in [1.807, 2.05) is 53.4 Å². The van der Waals surface area contributed by atoms with E-state index in [0.29, 0.717) is 6.54 Å². The molecule has 2 aliphatic rings. The van der Waals surface area contributed by atoms with Crippen LogP contribution in [0.25, 0.3) is 0 Å². The first-order chi connectivity index (χ1) is 16.2. The summed E-state index contributed by atoms with van der Waals surface area (Å²) in [6.45, 7) is 6.99. The van der Waals surface area contributed by atoms with Crippen molar-refractivity contribution in [3.63, 3.8) is 0 Å². The van der Waals surface area contributed by atoms with Crippen LogP contribution in [-0.2, 0) is 6.54 Å². The molecule has 7 heteroatoms. The van der Waals surface area contributed by atoms with Gasteiger partial charge < -0.3 is 25.2 Å². The van der Waals surface area contributed by atoms with Crippen molar-refractivity contribution in [1.29, 1.82) is 0 Å². The zero-order chi connectivity index (χ0) is 22.9. The van der Waals surface area contributed by atoms with E-state index in [0.717, 1.165) is 81.4 Å². The number of amides is 2. The van der Waals surface area contributed by atoms with Crippen LogP contribution in [0.1, 0.15) is 38.2 Å². The molecule has 2 aromatic carbocycles. The van der Waals surface area contributed by atoms with Crippen molar-refractivity contribution in [3.05, 3.63) is 60.2 Å². The molecule has 0 saturated carbocycles. The first-order valence-electron chi connectivity index (χ1n) is 12.1. The van der Waals surface area contributed by atoms with Gasteiger partial charge in [-0.05, 0) is 49.6 Å². The van der Waals surface area contributed by atoms with E-state index in [9.17, 15) is 4.79 Å². The fourth-order valence-electron chi connectivity index (χ4n) is 4.34. The van der Waals surface area contributed by atoms with Crippen LogP contribution in [0.15, 0.2) is 59.6 Å². The van der Waals surface area contributed by atoms with Gasteiger partial charge in [0.25, 0.3) is 0 Å². The van der Waals surface area contributed by atoms with Gasteiger partial charge in [0.2, 0.25) is 0 Å². The fourth-order valence-corrected chi connectivity index (χ4v) is 4.34. The molecule has 33 heavy (non-hydrogen) atoms. The third-order valence-corrected chi connectivity index (χ3v) is 6.11. The second kappa shape index (κ2) is 11.6. The monoisotopic (exact) mass is 449 g/mol. The number of hydrogen-bond donors (Lipinski definition) is 2. The third-order valence-electron chi connectivity index (χ3n) is 6.11. The van der Waals surface area contributed by atoms with Gasteiger partial charge in [-0.25, -0.2) is 9.79 Å². The summed E-state index contributed by atoms with van der Waals surface area (Å²) >= 11 is 0. The Labute approximate surface area is 196 Å². The molecule has 2 heterocycles. The Morgan fingerprint density at radius 1 is 1.00 bits per heavy atom. The number of rotatable bonds is 6. The van der Waals surface area contributed by atoms with Crippen LogP contribution in [0.5, 0.6) is 5.75 Å². The summed E-state index contributed by atoms with van der Waals surface area (Å²) in [5.74, 6) is 1.87. The maximum Gasteiger partial charge on any atom is 0.321 e. The molecule has 0 atom stereocenters. The lowest BCUT2D eigenvalue weighted by molar-refractivity contribution is 0.129. The molecule has 2 amide bonds. The van der Waals surface area contributed by atoms with Gasteiger partial charge in [0, 0.05) is 51.3 Å². The number of nitrogens with zero attached hydrogens (tertiary/aromatic N) is 3. The maximum atomic E-state index is 12.4. The molecule has 0 spiro atoms. The number of benzene rings is 2. The van der Waals surface area contributed by atoms with Gasteiger partial charge in [-0.3, -0.25) is 0 Å². The van der Waals surface area contributed by atoms with Gasteiger partial charge >= 0.3 is 6.03 Å². The Hall–Kier alpha value is -3.22. The zero-order valence-corrected chi connectivity index (χ0v) is 19.5. The summed E-state index contributed by atoms with van der Waals surface area (Å²) in [6, 6.07) is 18.0. The number of hydrogen-bond acceptors (Lipinski definition) is 3. The van der Waals surface area contributed by atoms with Gasteiger partial charge in [-0.1, -0.05) is 30.3 Å². The van der Waals surface area contributed by atoms with E-state index in [1.165, 1.54) is 0 Å². The van der Waals surface area contributed by atoms with Crippen molar-refractivity contribution in [2.75, 3.05) is 38.0 Å². The largest absolute Gasteiger partial charge is 0.490 e. The number of guanidine groups is 1. The molecule has 2 aromatic rings. The fraction of sp³-hybridized carbons (Fsp3) is 0.462. The molecule has 4 rings (SSSR count). The number of carbonyl (C=O) groups excluding carboxylic acids is 1. The van der Waals surface area contributed by atoms with Gasteiger partial charge in [-0.15, -0.1) is 0 Å². The van der Waals surface area contributed by atoms with Crippen molar-refractivity contribution in [2.24, 2.45) is 4.99 Å². The van der Waals surface area contributed by atoms with E-state index < -0.39 is 0 Å². The van der Waals surface area contributed by atoms with Gasteiger partial charge in [0.15, 0.2) is 5.96 Å². The van der Waals surface area contributed by atoms with Crippen molar-refractivity contribution < 1.29 is 9.53 Å². The average Bonchev–Trinajstić information content (AvgIpc) is 3.39. The van der Waals surface area contributed by atoms with Gasteiger partial charge in [-0.2, -0.15) is 0 Å². The van der Waals surface area contributed by atoms with E-state index in [4.69, 9.17) is 9.73 Å². The average molecular weight is 450 g/mol. The minimum absolute atomic E-state index is 0.0120. The number of aliphatic imine (C=N–C) groups is 1. The number of nitrogens with one attached hydrogen (secondary N) is 2. The molecule has 0 bridgehead atoms. The molecule has 2 aliphatic heterocycles. The zero-order valence-electron chi connectivity index (χ0n) is 19.5. The van der Waals surface area contributed by atoms with E-state index in [2.05, 4.69) is 28.5 Å². The van der Waals surface area contributed by atoms with E-state index >= 15 is 0 Å². The normalized spacial score (nSPS) is 17.2. The lowest BCUT2D eigenvalue weighted by atomic mass is 10.1. The Morgan fingerprint density at radius 2 is 1.76 bits per heavy atom. The minimum atomic E-state index is -0.0120. The highest BCUT2D eigenvalue weighted by molar-refractivity contribution is 5.89. The predicted molar refractivity (Wildman–Crippen MR) is 133 cm³/mol. The Kier molecular flexibility index (Phi) is 8.06. The first kappa shape index (κ1) is 23.0. The van der Waals surface area contributed by atoms with Crippen LogP contribution >= 0.6 is 0 Å². The Bertz CT molecular complexity index is 919. The van der Waals surface area contributed by atoms with Crippen molar-refractivity contribution >= 4 is 17.7 Å². The Balaban J connectivity index is 1.32. The van der Waals surface area contributed by atoms with Gasteiger partial charge in [0.05, 0.1) is 6.54 Å². The second-order valence-electron chi connectivity index (χ2n) is 8.61. The lowest BCUT2D eigenvalue weighted by Gasteiger charge is -2.34. The van der Waals surface area contributed by atoms with Crippen LogP contribution in [0, 0.1) is 0 Å². The topological polar surface area (TPSA) is 69.2 Å². The van der Waals surface area contributed by atoms with Crippen LogP contribution in [0.2, 0.25) is 0 Å². The Morgan fingerprint density at radius 3 is 2.48 bits per heavy atom. The predicted octanol–water partition coefficient (Wildman–Crippen LogP) is 4.32. The molecule has 0 aliphatic carbocycles. The van der Waals surface area contributed by atoms with Crippen molar-refractivity contribution in [3.8, 4) is 5.75 Å². The quantitative estimate of drug-likeness (QED) is 0.509. The summed E-state index contributed by atoms with van der Waals surface area (Å²) in [6.07, 6.45) is 4.35. The number of urea groups is 1. The van der Waals surface area contributed by atoms with Crippen LogP contribution in [-0.4, -0.2) is 60.6 Å². The molecule has 2 fully saturated rings. The standard InChI is InChI=1S/C26H35N5O2/c1-2-27-25(30-17-13-24(14-18-30)33-23-11-4-3-5-12-23)28-20-21-9-8-10-22(19-21)29-26(32)31-15-6-7-16-31/h3-5,8-12,19,24H,2,6-7,13-18,20H2,1H3,(H,27,28)(H,29,32). The van der Waals surface area contributed by atoms with Crippen LogP contribution in [0.4, 0.5) is 10.5 Å². The van der Waals surface area contributed by atoms with Gasteiger partial charge in [0.1, 0.15) is 11.9 Å². The first-order valence-corrected chi connectivity index (χ1v) is 12.1. The van der Waals surface area contributed by atoms with E-state index in [1.54, 1.807) is 0 Å². The highest BCUT2D eigenvalue weighted by Gasteiger charge is 2.23. The molecular formula is C26H35N5O2. The molecule has 2 saturated heterocycles. The lowest BCUT2D eigenvalue weighted by Crippen LogP contribution is -2.47. The number of para-hydroxylation sites is 1. The number of carbonyl (C=O) groups is 1. The molecule has 7 nitrogen and oxygen atoms in total. The summed E-state index contributed by atoms with van der Waals surface area (Å²) < 4.78 is 6.13. The highest BCUT2D eigenvalue weighted by Crippen LogP contribution is 2.19. The molecule has 0 radical (unpaired) electrons. The second-order valence-corrected chi connectivity index (χ2v) is 8.61. The van der Waals surface area contributed by atoms with E-state index in [-0.39, 0.29) is 12.1 Å². The molecule has 0 unspecified atom stereocenters. The summed E-state index contributed by atoms with van der Waals surface area (Å²) in [4.78, 5) is 21.5. The van der Waals surface area contributed by atoms with Crippen LogP contribution in [0.3, 0.4) is 0 Å². The molecular weight excluding hydrogens is 414 g/mol. The third kappa shape index (κ3) is 6.63. The maximum absolute atomic E-state index is 12.4. The van der Waals surface area contributed by atoms with Crippen molar-refractivity contribution in [1.82, 2.24) is 15.1 Å². The molecule has 0 aromatic heterocycles. The highest BCUT2D eigenvalue weighted by atomic mass is 16.5. The van der Waals surface area contributed by atoms with Crippen molar-refractivity contribution in [2.45, 2.75) is 45.3 Å². The summed E-state index contributed by atoms with van der Waals surface area (Å²) in [5.41, 5.74) is 1.90. The summed E-state index contributed by atoms with van der Waals surface area (Å²) in [7, 11) is 0. The number of likely N-dealkylation sites (tertiary alicyclic amines) is 2. The molecule has 2 N–H and O–H groups in total. The molecule has 176 valence electrons. The number of piperidine rings is 1. The van der Waals surface area contributed by atoms with Crippen LogP contribution < -0.4 is 15.4 Å². The summed E-state index contributed by atoms with van der Waals surface area (Å²) in [5, 5.41) is 6.45. The number of ether oxygens (including phenoxy) is 1. The number of anilines is 1. The minimum Gasteiger partial charge on any atom is -0.490 e.